The van der Waals surface area contributed by atoms with Gasteiger partial charge in [0.25, 0.3) is 0 Å². The lowest BCUT2D eigenvalue weighted by atomic mass is 10.0. The zero-order chi connectivity index (χ0) is 16.3. The predicted octanol–water partition coefficient (Wildman–Crippen LogP) is 4.14. The fraction of sp³-hybridized carbons (Fsp3) is 0.250. The average Bonchev–Trinajstić information content (AvgIpc) is 2.50. The molecule has 0 saturated heterocycles. The van der Waals surface area contributed by atoms with Gasteiger partial charge in [0.15, 0.2) is 17.5 Å². The number of aliphatic hydroxyl groups is 1. The van der Waals surface area contributed by atoms with Crippen molar-refractivity contribution in [3.63, 3.8) is 0 Å². The maximum atomic E-state index is 13.3. The van der Waals surface area contributed by atoms with Gasteiger partial charge in [0.1, 0.15) is 0 Å². The Morgan fingerprint density at radius 1 is 1.05 bits per heavy atom. The summed E-state index contributed by atoms with van der Waals surface area (Å²) in [6, 6.07) is 7.80. The Morgan fingerprint density at radius 2 is 1.59 bits per heavy atom. The van der Waals surface area contributed by atoms with Crippen LogP contribution in [0.15, 0.2) is 36.4 Å². The highest BCUT2D eigenvalue weighted by Gasteiger charge is 2.18. The third-order valence-electron chi connectivity index (χ3n) is 3.41. The Bertz CT molecular complexity index is 625. The van der Waals surface area contributed by atoms with Crippen LogP contribution in [0.4, 0.5) is 13.2 Å². The van der Waals surface area contributed by atoms with Gasteiger partial charge in [-0.05, 0) is 42.3 Å². The third kappa shape index (κ3) is 3.80. The zero-order valence-corrected chi connectivity index (χ0v) is 12.5. The summed E-state index contributed by atoms with van der Waals surface area (Å²) in [6.07, 6.45) is 0. The maximum Gasteiger partial charge on any atom is 0.194 e. The topological polar surface area (TPSA) is 32.3 Å². The molecule has 0 spiro atoms. The molecule has 0 fully saturated rings. The standard InChI is InChI=1S/C16H15ClF3NO/c1-9(11-6-13(18)16(20)14(19)7-11)21-15(8-22)10-2-4-12(17)5-3-10/h2-7,9,15,21-22H,8H2,1H3. The maximum absolute atomic E-state index is 13.3. The minimum atomic E-state index is -1.49. The van der Waals surface area contributed by atoms with Gasteiger partial charge in [0, 0.05) is 11.1 Å². The Hall–Kier alpha value is -1.56. The molecular formula is C16H15ClF3NO. The van der Waals surface area contributed by atoms with Crippen molar-refractivity contribution in [2.75, 3.05) is 6.61 Å². The molecule has 6 heteroatoms. The minimum absolute atomic E-state index is 0.210. The second kappa shape index (κ2) is 7.13. The molecule has 2 N–H and O–H groups in total. The van der Waals surface area contributed by atoms with E-state index in [1.807, 2.05) is 0 Å². The lowest BCUT2D eigenvalue weighted by molar-refractivity contribution is 0.235. The van der Waals surface area contributed by atoms with Crippen molar-refractivity contribution in [3.8, 4) is 0 Å². The predicted molar refractivity (Wildman–Crippen MR) is 79.1 cm³/mol. The third-order valence-corrected chi connectivity index (χ3v) is 3.66. The Balaban J connectivity index is 2.19. The molecule has 2 rings (SSSR count). The van der Waals surface area contributed by atoms with Crippen LogP contribution in [-0.2, 0) is 0 Å². The van der Waals surface area contributed by atoms with Crippen LogP contribution in [0.1, 0.15) is 30.1 Å². The molecule has 0 heterocycles. The molecule has 0 aliphatic rings. The molecule has 0 aliphatic carbocycles. The van der Waals surface area contributed by atoms with Crippen molar-refractivity contribution in [1.82, 2.24) is 5.32 Å². The molecule has 0 aromatic heterocycles. The van der Waals surface area contributed by atoms with Gasteiger partial charge in [-0.1, -0.05) is 23.7 Å². The zero-order valence-electron chi connectivity index (χ0n) is 11.8. The second-order valence-electron chi connectivity index (χ2n) is 4.97. The van der Waals surface area contributed by atoms with Crippen LogP contribution in [-0.4, -0.2) is 11.7 Å². The summed E-state index contributed by atoms with van der Waals surface area (Å²) in [7, 11) is 0. The summed E-state index contributed by atoms with van der Waals surface area (Å²) in [4.78, 5) is 0. The summed E-state index contributed by atoms with van der Waals surface area (Å²) >= 11 is 5.81. The van der Waals surface area contributed by atoms with E-state index < -0.39 is 29.5 Å². The first-order chi connectivity index (χ1) is 10.4. The molecule has 2 nitrogen and oxygen atoms in total. The molecule has 2 unspecified atom stereocenters. The fourth-order valence-electron chi connectivity index (χ4n) is 2.17. The van der Waals surface area contributed by atoms with Crippen molar-refractivity contribution in [2.45, 2.75) is 19.0 Å². The Labute approximate surface area is 131 Å². The molecule has 0 bridgehead atoms. The molecule has 2 atom stereocenters. The SMILES string of the molecule is CC(NC(CO)c1ccc(Cl)cc1)c1cc(F)c(F)c(F)c1. The van der Waals surface area contributed by atoms with Crippen LogP contribution in [0.25, 0.3) is 0 Å². The summed E-state index contributed by atoms with van der Waals surface area (Å²) in [6.45, 7) is 1.46. The van der Waals surface area contributed by atoms with E-state index in [0.29, 0.717) is 5.02 Å². The smallest absolute Gasteiger partial charge is 0.194 e. The first kappa shape index (κ1) is 16.8. The number of rotatable bonds is 5. The van der Waals surface area contributed by atoms with Crippen LogP contribution in [0.3, 0.4) is 0 Å². The monoisotopic (exact) mass is 329 g/mol. The van der Waals surface area contributed by atoms with Crippen molar-refractivity contribution >= 4 is 11.6 Å². The fourth-order valence-corrected chi connectivity index (χ4v) is 2.30. The number of benzene rings is 2. The number of halogens is 4. The minimum Gasteiger partial charge on any atom is -0.394 e. The molecule has 0 aliphatic heterocycles. The summed E-state index contributed by atoms with van der Waals surface area (Å²) < 4.78 is 39.5. The first-order valence-corrected chi connectivity index (χ1v) is 7.07. The van der Waals surface area contributed by atoms with E-state index in [-0.39, 0.29) is 12.2 Å². The van der Waals surface area contributed by atoms with Gasteiger partial charge in [-0.25, -0.2) is 13.2 Å². The van der Waals surface area contributed by atoms with E-state index in [0.717, 1.165) is 17.7 Å². The first-order valence-electron chi connectivity index (χ1n) is 6.69. The quantitative estimate of drug-likeness (QED) is 0.808. The van der Waals surface area contributed by atoms with Crippen LogP contribution >= 0.6 is 11.6 Å². The molecule has 2 aromatic carbocycles. The van der Waals surface area contributed by atoms with E-state index in [2.05, 4.69) is 5.32 Å². The van der Waals surface area contributed by atoms with Gasteiger partial charge in [-0.3, -0.25) is 0 Å². The second-order valence-corrected chi connectivity index (χ2v) is 5.41. The number of hydrogen-bond donors (Lipinski definition) is 2. The number of aliphatic hydroxyl groups excluding tert-OH is 1. The number of nitrogens with one attached hydrogen (secondary N) is 1. The van der Waals surface area contributed by atoms with E-state index in [1.54, 1.807) is 31.2 Å². The van der Waals surface area contributed by atoms with Gasteiger partial charge in [-0.15, -0.1) is 0 Å². The van der Waals surface area contributed by atoms with Gasteiger partial charge in [0.2, 0.25) is 0 Å². The molecule has 22 heavy (non-hydrogen) atoms. The molecule has 2 aromatic rings. The highest BCUT2D eigenvalue weighted by atomic mass is 35.5. The summed E-state index contributed by atoms with van der Waals surface area (Å²) in [5.41, 5.74) is 1.03. The van der Waals surface area contributed by atoms with Crippen molar-refractivity contribution in [1.29, 1.82) is 0 Å². The molecule has 0 amide bonds. The van der Waals surface area contributed by atoms with Gasteiger partial charge in [-0.2, -0.15) is 0 Å². The normalized spacial score (nSPS) is 13.9. The van der Waals surface area contributed by atoms with Gasteiger partial charge < -0.3 is 10.4 Å². The highest BCUT2D eigenvalue weighted by molar-refractivity contribution is 6.30. The molecule has 0 saturated carbocycles. The van der Waals surface area contributed by atoms with Crippen molar-refractivity contribution in [3.05, 3.63) is 70.0 Å². The molecule has 118 valence electrons. The van der Waals surface area contributed by atoms with E-state index >= 15 is 0 Å². The van der Waals surface area contributed by atoms with Crippen LogP contribution < -0.4 is 5.32 Å². The van der Waals surface area contributed by atoms with E-state index in [4.69, 9.17) is 11.6 Å². The van der Waals surface area contributed by atoms with Gasteiger partial charge >= 0.3 is 0 Å². The lowest BCUT2D eigenvalue weighted by Gasteiger charge is -2.22. The average molecular weight is 330 g/mol. The van der Waals surface area contributed by atoms with Gasteiger partial charge in [0.05, 0.1) is 12.6 Å². The number of hydrogen-bond acceptors (Lipinski definition) is 2. The largest absolute Gasteiger partial charge is 0.394 e. The van der Waals surface area contributed by atoms with E-state index in [9.17, 15) is 18.3 Å². The van der Waals surface area contributed by atoms with Crippen molar-refractivity contribution < 1.29 is 18.3 Å². The van der Waals surface area contributed by atoms with Crippen molar-refractivity contribution in [2.24, 2.45) is 0 Å². The Morgan fingerprint density at radius 3 is 2.09 bits per heavy atom. The summed E-state index contributed by atoms with van der Waals surface area (Å²) in [5.74, 6) is -3.97. The molecular weight excluding hydrogens is 315 g/mol. The van der Waals surface area contributed by atoms with E-state index in [1.165, 1.54) is 0 Å². The molecule has 0 radical (unpaired) electrons. The van der Waals surface area contributed by atoms with Crippen LogP contribution in [0.5, 0.6) is 0 Å². The summed E-state index contributed by atoms with van der Waals surface area (Å²) in [5, 5.41) is 13.1. The lowest BCUT2D eigenvalue weighted by Crippen LogP contribution is -2.27. The highest BCUT2D eigenvalue weighted by Crippen LogP contribution is 2.23. The Kier molecular flexibility index (Phi) is 5.45. The van der Waals surface area contributed by atoms with Crippen LogP contribution in [0.2, 0.25) is 5.02 Å². The van der Waals surface area contributed by atoms with Crippen LogP contribution in [0, 0.1) is 17.5 Å².